The third-order valence-corrected chi connectivity index (χ3v) is 3.73. The van der Waals surface area contributed by atoms with Crippen molar-refractivity contribution in [2.45, 2.75) is 40.2 Å². The van der Waals surface area contributed by atoms with Crippen molar-refractivity contribution in [2.24, 2.45) is 4.99 Å². The van der Waals surface area contributed by atoms with Crippen LogP contribution in [-0.2, 0) is 19.0 Å². The minimum atomic E-state index is -0.721. The first-order valence-electron chi connectivity index (χ1n) is 9.38. The quantitative estimate of drug-likeness (QED) is 0.554. The van der Waals surface area contributed by atoms with E-state index in [9.17, 15) is 14.4 Å². The number of ether oxygens (including phenoxy) is 3. The van der Waals surface area contributed by atoms with Gasteiger partial charge in [-0.05, 0) is 46.8 Å². The fourth-order valence-electron chi connectivity index (χ4n) is 2.50. The Labute approximate surface area is 170 Å². The topological polar surface area (TPSA) is 94.5 Å². The number of aliphatic imine (C=N–C) groups is 1. The first kappa shape index (κ1) is 22.1. The number of carbonyl (C=O) groups is 3. The van der Waals surface area contributed by atoms with Crippen molar-refractivity contribution >= 4 is 23.9 Å². The summed E-state index contributed by atoms with van der Waals surface area (Å²) >= 11 is 0. The van der Waals surface area contributed by atoms with Gasteiger partial charge in [-0.1, -0.05) is 12.1 Å². The summed E-state index contributed by atoms with van der Waals surface area (Å²) in [6.07, 6.45) is 0.744. The Kier molecular flexibility index (Phi) is 7.14. The lowest BCUT2D eigenvalue weighted by atomic mass is 10.1. The Bertz CT molecular complexity index is 834. The van der Waals surface area contributed by atoms with Crippen LogP contribution in [-0.4, -0.2) is 54.1 Å². The van der Waals surface area contributed by atoms with Crippen molar-refractivity contribution in [1.82, 2.24) is 4.90 Å². The van der Waals surface area contributed by atoms with E-state index < -0.39 is 23.6 Å². The molecular weight excluding hydrogens is 376 g/mol. The molecule has 156 valence electrons. The van der Waals surface area contributed by atoms with Gasteiger partial charge in [0.05, 0.1) is 30.9 Å². The third kappa shape index (κ3) is 5.91. The predicted molar refractivity (Wildman–Crippen MR) is 107 cm³/mol. The maximum atomic E-state index is 12.8. The van der Waals surface area contributed by atoms with Crippen molar-refractivity contribution < 1.29 is 28.6 Å². The number of carbonyl (C=O) groups excluding carboxylic acids is 3. The van der Waals surface area contributed by atoms with E-state index in [2.05, 4.69) is 4.99 Å². The molecule has 8 nitrogen and oxygen atoms in total. The molecule has 29 heavy (non-hydrogen) atoms. The van der Waals surface area contributed by atoms with Gasteiger partial charge in [-0.3, -0.25) is 4.90 Å². The van der Waals surface area contributed by atoms with Gasteiger partial charge in [-0.15, -0.1) is 0 Å². The van der Waals surface area contributed by atoms with Crippen molar-refractivity contribution in [3.63, 3.8) is 0 Å². The van der Waals surface area contributed by atoms with E-state index in [4.69, 9.17) is 14.2 Å². The molecule has 0 aromatic heterocycles. The number of nitrogens with zero attached hydrogens (tertiary/aromatic N) is 2. The number of hydrogen-bond donors (Lipinski definition) is 0. The molecule has 1 heterocycles. The van der Waals surface area contributed by atoms with Crippen molar-refractivity contribution in [1.29, 1.82) is 0 Å². The van der Waals surface area contributed by atoms with E-state index in [0.29, 0.717) is 17.0 Å². The lowest BCUT2D eigenvalue weighted by molar-refractivity contribution is -0.138. The maximum absolute atomic E-state index is 12.8. The van der Waals surface area contributed by atoms with E-state index in [0.717, 1.165) is 0 Å². The highest BCUT2D eigenvalue weighted by Crippen LogP contribution is 2.20. The van der Waals surface area contributed by atoms with Crippen LogP contribution in [0.5, 0.6) is 0 Å². The standard InChI is InChI=1S/C21H26N2O6/c1-6-27-18(24)15-10-8-14(9-11-15)17-22-12-16(19(25)28-7-2)13-23(17)20(26)29-21(3,4)5/h8-12H,6-7,13H2,1-5H3. The van der Waals surface area contributed by atoms with Gasteiger partial charge in [-0.25, -0.2) is 19.4 Å². The van der Waals surface area contributed by atoms with Crippen LogP contribution < -0.4 is 0 Å². The van der Waals surface area contributed by atoms with E-state index in [1.165, 1.54) is 11.1 Å². The summed E-state index contributed by atoms with van der Waals surface area (Å²) in [5.74, 6) is -0.664. The molecule has 1 aromatic rings. The van der Waals surface area contributed by atoms with Gasteiger partial charge in [0, 0.05) is 11.8 Å². The molecular formula is C21H26N2O6. The van der Waals surface area contributed by atoms with E-state index in [1.807, 2.05) is 0 Å². The normalized spacial score (nSPS) is 13.9. The summed E-state index contributed by atoms with van der Waals surface area (Å²) in [6, 6.07) is 6.50. The van der Waals surface area contributed by atoms with Crippen LogP contribution in [0.25, 0.3) is 0 Å². The minimum absolute atomic E-state index is 0.0355. The molecule has 0 atom stereocenters. The van der Waals surface area contributed by atoms with Crippen LogP contribution in [0, 0.1) is 0 Å². The van der Waals surface area contributed by atoms with E-state index in [1.54, 1.807) is 58.9 Å². The van der Waals surface area contributed by atoms with Gasteiger partial charge in [0.15, 0.2) is 0 Å². The van der Waals surface area contributed by atoms with Gasteiger partial charge in [0.1, 0.15) is 11.4 Å². The molecule has 0 radical (unpaired) electrons. The summed E-state index contributed by atoms with van der Waals surface area (Å²) in [5, 5.41) is 0. The highest BCUT2D eigenvalue weighted by molar-refractivity contribution is 6.09. The van der Waals surface area contributed by atoms with Gasteiger partial charge >= 0.3 is 18.0 Å². The Balaban J connectivity index is 2.36. The van der Waals surface area contributed by atoms with Crippen LogP contribution in [0.15, 0.2) is 41.0 Å². The molecule has 0 saturated heterocycles. The molecule has 0 N–H and O–H groups in total. The lowest BCUT2D eigenvalue weighted by Crippen LogP contribution is -2.44. The van der Waals surface area contributed by atoms with E-state index >= 15 is 0 Å². The summed E-state index contributed by atoms with van der Waals surface area (Å²) in [5.41, 5.74) is 0.493. The molecule has 0 aliphatic carbocycles. The number of rotatable bonds is 5. The molecule has 2 rings (SSSR count). The Morgan fingerprint density at radius 1 is 1.00 bits per heavy atom. The number of esters is 2. The number of amidine groups is 1. The largest absolute Gasteiger partial charge is 0.463 e. The van der Waals surface area contributed by atoms with Gasteiger partial charge < -0.3 is 14.2 Å². The summed E-state index contributed by atoms with van der Waals surface area (Å²) in [6.45, 7) is 9.15. The SMILES string of the molecule is CCOC(=O)C1=CN=C(c2ccc(C(=O)OCC)cc2)N(C(=O)OC(C)(C)C)C1. The molecule has 1 amide bonds. The molecule has 0 fully saturated rings. The van der Waals surface area contributed by atoms with Gasteiger partial charge in [-0.2, -0.15) is 0 Å². The molecule has 0 saturated carbocycles. The average molecular weight is 402 g/mol. The second-order valence-corrected chi connectivity index (χ2v) is 7.19. The van der Waals surface area contributed by atoms with Crippen LogP contribution in [0.1, 0.15) is 50.5 Å². The van der Waals surface area contributed by atoms with Crippen molar-refractivity contribution in [3.8, 4) is 0 Å². The summed E-state index contributed by atoms with van der Waals surface area (Å²) in [4.78, 5) is 42.2. The molecule has 1 aromatic carbocycles. The van der Waals surface area contributed by atoms with Crippen LogP contribution in [0.4, 0.5) is 4.79 Å². The van der Waals surface area contributed by atoms with Crippen molar-refractivity contribution in [3.05, 3.63) is 47.2 Å². The second kappa shape index (κ2) is 9.36. The highest BCUT2D eigenvalue weighted by atomic mass is 16.6. The predicted octanol–water partition coefficient (Wildman–Crippen LogP) is 3.31. The molecule has 1 aliphatic heterocycles. The Morgan fingerprint density at radius 2 is 1.59 bits per heavy atom. The zero-order chi connectivity index (χ0) is 21.6. The van der Waals surface area contributed by atoms with Gasteiger partial charge in [0.25, 0.3) is 0 Å². The average Bonchev–Trinajstić information content (AvgIpc) is 2.66. The fourth-order valence-corrected chi connectivity index (χ4v) is 2.50. The van der Waals surface area contributed by atoms with Gasteiger partial charge in [0.2, 0.25) is 0 Å². The molecule has 1 aliphatic rings. The Hall–Kier alpha value is -3.16. The maximum Gasteiger partial charge on any atom is 0.416 e. The first-order valence-corrected chi connectivity index (χ1v) is 9.38. The lowest BCUT2D eigenvalue weighted by Gasteiger charge is -2.30. The third-order valence-electron chi connectivity index (χ3n) is 3.73. The molecule has 0 spiro atoms. The van der Waals surface area contributed by atoms with E-state index in [-0.39, 0.29) is 25.3 Å². The van der Waals surface area contributed by atoms with Crippen LogP contribution >= 0.6 is 0 Å². The second-order valence-electron chi connectivity index (χ2n) is 7.19. The number of hydrogen-bond acceptors (Lipinski definition) is 7. The number of amides is 1. The first-order chi connectivity index (χ1) is 13.7. The Morgan fingerprint density at radius 3 is 2.14 bits per heavy atom. The molecule has 0 unspecified atom stereocenters. The van der Waals surface area contributed by atoms with Crippen LogP contribution in [0.2, 0.25) is 0 Å². The summed E-state index contributed by atoms with van der Waals surface area (Å²) in [7, 11) is 0. The zero-order valence-electron chi connectivity index (χ0n) is 17.4. The smallest absolute Gasteiger partial charge is 0.416 e. The monoisotopic (exact) mass is 402 g/mol. The van der Waals surface area contributed by atoms with Crippen LogP contribution in [0.3, 0.4) is 0 Å². The van der Waals surface area contributed by atoms with Crippen molar-refractivity contribution in [2.75, 3.05) is 19.8 Å². The zero-order valence-corrected chi connectivity index (χ0v) is 17.4. The number of benzene rings is 1. The molecule has 0 bridgehead atoms. The highest BCUT2D eigenvalue weighted by Gasteiger charge is 2.31. The summed E-state index contributed by atoms with van der Waals surface area (Å²) < 4.78 is 15.4. The minimum Gasteiger partial charge on any atom is -0.463 e. The fraction of sp³-hybridized carbons (Fsp3) is 0.429. The molecule has 8 heteroatoms.